The van der Waals surface area contributed by atoms with Gasteiger partial charge in [0, 0.05) is 5.75 Å². The van der Waals surface area contributed by atoms with Gasteiger partial charge in [0.05, 0.1) is 0 Å². The average Bonchev–Trinajstić information content (AvgIpc) is 1.86. The lowest BCUT2D eigenvalue weighted by Gasteiger charge is -1.80. The molecule has 2 heteroatoms. The van der Waals surface area contributed by atoms with Crippen LogP contribution in [0.1, 0.15) is 6.42 Å². The van der Waals surface area contributed by atoms with Crippen LogP contribution < -0.4 is 0 Å². The van der Waals surface area contributed by atoms with Crippen molar-refractivity contribution in [3.63, 3.8) is 0 Å². The minimum atomic E-state index is 0.995. The molecule has 1 rings (SSSR count). The maximum atomic E-state index is 5.36. The minimum Gasteiger partial charge on any atom is -0.142 e. The van der Waals surface area contributed by atoms with Gasteiger partial charge in [0.25, 0.3) is 0 Å². The van der Waals surface area contributed by atoms with Crippen molar-refractivity contribution in [2.45, 2.75) is 6.42 Å². The maximum absolute atomic E-state index is 5.36. The van der Waals surface area contributed by atoms with Gasteiger partial charge in [-0.15, -0.1) is 11.8 Å². The van der Waals surface area contributed by atoms with E-state index < -0.39 is 0 Å². The van der Waals surface area contributed by atoms with Crippen molar-refractivity contribution >= 4 is 19.6 Å². The lowest BCUT2D eigenvalue weighted by Crippen LogP contribution is -1.61. The van der Waals surface area contributed by atoms with Crippen molar-refractivity contribution in [2.75, 3.05) is 5.75 Å². The number of allylic oxidation sites excluding steroid dienone is 1. The topological polar surface area (TPSA) is 0 Å². The fourth-order valence-corrected chi connectivity index (χ4v) is 1.14. The molecule has 0 spiro atoms. The molecule has 0 fully saturated rings. The highest BCUT2D eigenvalue weighted by Crippen LogP contribution is 2.20. The lowest BCUT2D eigenvalue weighted by molar-refractivity contribution is 1.28. The third-order valence-corrected chi connectivity index (χ3v) is 1.67. The van der Waals surface area contributed by atoms with Crippen LogP contribution in [0.5, 0.6) is 0 Å². The zero-order chi connectivity index (χ0) is 4.41. The van der Waals surface area contributed by atoms with Crippen LogP contribution >= 0.6 is 11.8 Å². The van der Waals surface area contributed by atoms with E-state index in [1.54, 1.807) is 11.8 Å². The summed E-state index contributed by atoms with van der Waals surface area (Å²) in [6.45, 7) is 0. The second-order valence-corrected chi connectivity index (χ2v) is 2.41. The van der Waals surface area contributed by atoms with Crippen LogP contribution in [0.15, 0.2) is 10.9 Å². The predicted molar refractivity (Wildman–Crippen MR) is 30.9 cm³/mol. The van der Waals surface area contributed by atoms with Crippen molar-refractivity contribution in [1.29, 1.82) is 0 Å². The van der Waals surface area contributed by atoms with Crippen molar-refractivity contribution in [3.05, 3.63) is 10.9 Å². The SMILES string of the molecule is [B]C1=CCCS1. The molecule has 1 aliphatic heterocycles. The molecular formula is C4H5BS. The summed E-state index contributed by atoms with van der Waals surface area (Å²) in [6, 6.07) is 0. The van der Waals surface area contributed by atoms with Gasteiger partial charge in [-0.25, -0.2) is 0 Å². The van der Waals surface area contributed by atoms with Crippen LogP contribution in [-0.2, 0) is 0 Å². The van der Waals surface area contributed by atoms with Crippen molar-refractivity contribution < 1.29 is 0 Å². The van der Waals surface area contributed by atoms with Gasteiger partial charge in [-0.2, -0.15) is 0 Å². The van der Waals surface area contributed by atoms with Crippen molar-refractivity contribution in [3.8, 4) is 0 Å². The fraction of sp³-hybridized carbons (Fsp3) is 0.500. The number of thioether (sulfide) groups is 1. The molecule has 0 aromatic carbocycles. The molecule has 0 N–H and O–H groups in total. The average molecular weight is 96.0 g/mol. The summed E-state index contributed by atoms with van der Waals surface area (Å²) >= 11 is 1.74. The van der Waals surface area contributed by atoms with E-state index >= 15 is 0 Å². The fourth-order valence-electron chi connectivity index (χ4n) is 0.437. The van der Waals surface area contributed by atoms with E-state index in [0.717, 1.165) is 11.2 Å². The van der Waals surface area contributed by atoms with Gasteiger partial charge in [0.1, 0.15) is 7.85 Å². The molecule has 30 valence electrons. The second kappa shape index (κ2) is 1.74. The van der Waals surface area contributed by atoms with Crippen LogP contribution in [0.3, 0.4) is 0 Å². The molecule has 2 radical (unpaired) electrons. The minimum absolute atomic E-state index is 0.995. The first-order valence-corrected chi connectivity index (χ1v) is 2.96. The molecule has 0 bridgehead atoms. The summed E-state index contributed by atoms with van der Waals surface area (Å²) in [5, 5.41) is 0. The summed E-state index contributed by atoms with van der Waals surface area (Å²) < 4.78 is 0. The molecule has 1 heterocycles. The Hall–Kier alpha value is 0.155. The van der Waals surface area contributed by atoms with Gasteiger partial charge in [-0.3, -0.25) is 0 Å². The standard InChI is InChI=1S/C4H5BS/c5-4-2-1-3-6-4/h2H,1,3H2. The summed E-state index contributed by atoms with van der Waals surface area (Å²) in [4.78, 5) is 0.995. The molecule has 0 amide bonds. The summed E-state index contributed by atoms with van der Waals surface area (Å²) in [5.41, 5.74) is 0. The first-order valence-electron chi connectivity index (χ1n) is 1.98. The molecule has 0 unspecified atom stereocenters. The van der Waals surface area contributed by atoms with Crippen LogP contribution in [-0.4, -0.2) is 13.6 Å². The molecule has 0 atom stereocenters. The quantitative estimate of drug-likeness (QED) is 0.407. The van der Waals surface area contributed by atoms with Gasteiger partial charge in [-0.05, 0) is 6.42 Å². The molecular weight excluding hydrogens is 90.9 g/mol. The van der Waals surface area contributed by atoms with Crippen LogP contribution in [0.25, 0.3) is 0 Å². The van der Waals surface area contributed by atoms with E-state index in [1.807, 2.05) is 0 Å². The Morgan fingerprint density at radius 1 is 1.83 bits per heavy atom. The number of hydrogen-bond acceptors (Lipinski definition) is 1. The van der Waals surface area contributed by atoms with E-state index in [9.17, 15) is 0 Å². The molecule has 1 aliphatic rings. The van der Waals surface area contributed by atoms with Gasteiger partial charge >= 0.3 is 0 Å². The molecule has 0 nitrogen and oxygen atoms in total. The molecule has 0 aromatic rings. The Morgan fingerprint density at radius 3 is 2.83 bits per heavy atom. The Labute approximate surface area is 43.4 Å². The van der Waals surface area contributed by atoms with Gasteiger partial charge in [-0.1, -0.05) is 10.9 Å². The predicted octanol–water partition coefficient (Wildman–Crippen LogP) is 1.13. The van der Waals surface area contributed by atoms with Crippen molar-refractivity contribution in [2.24, 2.45) is 0 Å². The molecule has 6 heavy (non-hydrogen) atoms. The maximum Gasteiger partial charge on any atom is 0.122 e. The highest BCUT2D eigenvalue weighted by atomic mass is 32.2. The van der Waals surface area contributed by atoms with Crippen LogP contribution in [0.4, 0.5) is 0 Å². The second-order valence-electron chi connectivity index (χ2n) is 1.24. The van der Waals surface area contributed by atoms with E-state index in [2.05, 4.69) is 6.08 Å². The summed E-state index contributed by atoms with van der Waals surface area (Å²) in [5.74, 6) is 1.19. The summed E-state index contributed by atoms with van der Waals surface area (Å²) in [6.07, 6.45) is 3.22. The molecule has 0 saturated heterocycles. The van der Waals surface area contributed by atoms with E-state index in [-0.39, 0.29) is 0 Å². The smallest absolute Gasteiger partial charge is 0.122 e. The third-order valence-electron chi connectivity index (χ3n) is 0.732. The van der Waals surface area contributed by atoms with E-state index in [0.29, 0.717) is 0 Å². The zero-order valence-electron chi connectivity index (χ0n) is 3.48. The Bertz CT molecular complexity index is 77.6. The molecule has 0 saturated carbocycles. The first-order chi connectivity index (χ1) is 2.89. The van der Waals surface area contributed by atoms with E-state index in [4.69, 9.17) is 7.85 Å². The Kier molecular flexibility index (Phi) is 1.25. The number of rotatable bonds is 0. The highest BCUT2D eigenvalue weighted by molar-refractivity contribution is 8.04. The highest BCUT2D eigenvalue weighted by Gasteiger charge is 1.95. The third kappa shape index (κ3) is 0.808. The van der Waals surface area contributed by atoms with Crippen LogP contribution in [0, 0.1) is 0 Å². The Morgan fingerprint density at radius 2 is 2.67 bits per heavy atom. The van der Waals surface area contributed by atoms with Crippen LogP contribution in [0.2, 0.25) is 0 Å². The Balaban J connectivity index is 2.45. The van der Waals surface area contributed by atoms with Gasteiger partial charge in [0.2, 0.25) is 0 Å². The van der Waals surface area contributed by atoms with Gasteiger partial charge in [0.15, 0.2) is 0 Å². The normalized spacial score (nSPS) is 21.0. The van der Waals surface area contributed by atoms with E-state index in [1.165, 1.54) is 5.75 Å². The molecule has 0 aromatic heterocycles. The monoisotopic (exact) mass is 96.0 g/mol. The largest absolute Gasteiger partial charge is 0.142 e. The lowest BCUT2D eigenvalue weighted by atomic mass is 10.1. The first kappa shape index (κ1) is 4.32. The summed E-state index contributed by atoms with van der Waals surface area (Å²) in [7, 11) is 5.36. The van der Waals surface area contributed by atoms with Crippen molar-refractivity contribution in [1.82, 2.24) is 0 Å². The number of hydrogen-bond donors (Lipinski definition) is 0. The van der Waals surface area contributed by atoms with Gasteiger partial charge < -0.3 is 0 Å². The zero-order valence-corrected chi connectivity index (χ0v) is 4.29. The molecule has 0 aliphatic carbocycles.